The SMILES string of the molecule is CC1=C(C)C(=O)c2c([nH]c(O)c2O)C1=O. The van der Waals surface area contributed by atoms with Gasteiger partial charge in [0.1, 0.15) is 5.69 Å². The monoisotopic (exact) mass is 207 g/mol. The Labute approximate surface area is 85.0 Å². The topological polar surface area (TPSA) is 90.4 Å². The molecule has 0 amide bonds. The molecule has 0 saturated heterocycles. The number of H-pyrrole nitrogens is 1. The van der Waals surface area contributed by atoms with E-state index in [0.717, 1.165) is 0 Å². The van der Waals surface area contributed by atoms with Crippen molar-refractivity contribution < 1.29 is 19.8 Å². The van der Waals surface area contributed by atoms with Gasteiger partial charge in [0.05, 0.1) is 5.56 Å². The first-order valence-corrected chi connectivity index (χ1v) is 4.36. The van der Waals surface area contributed by atoms with E-state index in [1.807, 2.05) is 0 Å². The van der Waals surface area contributed by atoms with Gasteiger partial charge in [0.25, 0.3) is 0 Å². The molecule has 0 saturated carbocycles. The van der Waals surface area contributed by atoms with Crippen LogP contribution < -0.4 is 0 Å². The number of nitrogens with one attached hydrogen (secondary N) is 1. The van der Waals surface area contributed by atoms with Gasteiger partial charge in [-0.1, -0.05) is 0 Å². The maximum Gasteiger partial charge on any atom is 0.233 e. The Morgan fingerprint density at radius 3 is 2.13 bits per heavy atom. The van der Waals surface area contributed by atoms with Gasteiger partial charge < -0.3 is 15.2 Å². The number of rotatable bonds is 0. The summed E-state index contributed by atoms with van der Waals surface area (Å²) in [5.74, 6) is -1.92. The van der Waals surface area contributed by atoms with E-state index in [0.29, 0.717) is 11.1 Å². The van der Waals surface area contributed by atoms with Crippen molar-refractivity contribution in [3.63, 3.8) is 0 Å². The van der Waals surface area contributed by atoms with E-state index in [-0.39, 0.29) is 17.0 Å². The van der Waals surface area contributed by atoms with Crippen molar-refractivity contribution in [2.45, 2.75) is 13.8 Å². The highest BCUT2D eigenvalue weighted by Gasteiger charge is 2.33. The molecule has 1 aromatic heterocycles. The first-order chi connectivity index (χ1) is 6.95. The number of fused-ring (bicyclic) bond motifs is 1. The molecule has 0 bridgehead atoms. The van der Waals surface area contributed by atoms with Gasteiger partial charge in [0.2, 0.25) is 11.7 Å². The van der Waals surface area contributed by atoms with Gasteiger partial charge in [-0.15, -0.1) is 0 Å². The zero-order valence-electron chi connectivity index (χ0n) is 8.21. The Morgan fingerprint density at radius 1 is 1.00 bits per heavy atom. The van der Waals surface area contributed by atoms with Gasteiger partial charge in [0, 0.05) is 11.1 Å². The lowest BCUT2D eigenvalue weighted by Gasteiger charge is -2.12. The molecule has 3 N–H and O–H groups in total. The van der Waals surface area contributed by atoms with Gasteiger partial charge in [-0.2, -0.15) is 0 Å². The molecule has 5 heteroatoms. The quantitative estimate of drug-likeness (QED) is 0.595. The Kier molecular flexibility index (Phi) is 1.73. The van der Waals surface area contributed by atoms with E-state index >= 15 is 0 Å². The first kappa shape index (κ1) is 9.51. The van der Waals surface area contributed by atoms with Crippen LogP contribution in [-0.2, 0) is 0 Å². The molecule has 2 rings (SSSR count). The molecule has 78 valence electrons. The molecular formula is C10H9NO4. The largest absolute Gasteiger partial charge is 0.503 e. The third-order valence-corrected chi connectivity index (χ3v) is 2.65. The predicted molar refractivity (Wildman–Crippen MR) is 51.2 cm³/mol. The number of ketones is 2. The van der Waals surface area contributed by atoms with Crippen LogP contribution in [0.3, 0.4) is 0 Å². The van der Waals surface area contributed by atoms with E-state index < -0.39 is 17.4 Å². The summed E-state index contributed by atoms with van der Waals surface area (Å²) in [6.07, 6.45) is 0. The number of hydrogen-bond donors (Lipinski definition) is 3. The Balaban J connectivity index is 2.78. The first-order valence-electron chi connectivity index (χ1n) is 4.36. The Morgan fingerprint density at radius 2 is 1.53 bits per heavy atom. The smallest absolute Gasteiger partial charge is 0.233 e. The average molecular weight is 207 g/mol. The van der Waals surface area contributed by atoms with Crippen molar-refractivity contribution in [2.75, 3.05) is 0 Å². The molecule has 1 aliphatic carbocycles. The van der Waals surface area contributed by atoms with Crippen LogP contribution >= 0.6 is 0 Å². The van der Waals surface area contributed by atoms with Gasteiger partial charge >= 0.3 is 0 Å². The van der Waals surface area contributed by atoms with E-state index in [1.54, 1.807) is 0 Å². The fourth-order valence-corrected chi connectivity index (χ4v) is 1.58. The van der Waals surface area contributed by atoms with Crippen LogP contribution in [0.5, 0.6) is 11.6 Å². The van der Waals surface area contributed by atoms with Crippen molar-refractivity contribution in [1.82, 2.24) is 4.98 Å². The lowest BCUT2D eigenvalue weighted by molar-refractivity contribution is 0.0971. The van der Waals surface area contributed by atoms with E-state index in [2.05, 4.69) is 4.98 Å². The number of aromatic nitrogens is 1. The molecule has 0 aliphatic heterocycles. The molecule has 1 heterocycles. The maximum absolute atomic E-state index is 11.7. The van der Waals surface area contributed by atoms with E-state index in [1.165, 1.54) is 13.8 Å². The molecule has 1 aromatic rings. The fourth-order valence-electron chi connectivity index (χ4n) is 1.58. The zero-order valence-corrected chi connectivity index (χ0v) is 8.21. The molecule has 5 nitrogen and oxygen atoms in total. The van der Waals surface area contributed by atoms with Crippen molar-refractivity contribution in [3.05, 3.63) is 22.4 Å². The minimum Gasteiger partial charge on any atom is -0.503 e. The minimum absolute atomic E-state index is 0.0434. The summed E-state index contributed by atoms with van der Waals surface area (Å²) < 4.78 is 0. The van der Waals surface area contributed by atoms with Gasteiger partial charge in [0.15, 0.2) is 11.5 Å². The summed E-state index contributed by atoms with van der Waals surface area (Å²) in [4.78, 5) is 25.7. The summed E-state index contributed by atoms with van der Waals surface area (Å²) in [7, 11) is 0. The molecular weight excluding hydrogens is 198 g/mol. The van der Waals surface area contributed by atoms with Crippen LogP contribution in [0.2, 0.25) is 0 Å². The zero-order chi connectivity index (χ0) is 11.3. The molecule has 15 heavy (non-hydrogen) atoms. The summed E-state index contributed by atoms with van der Waals surface area (Å²) >= 11 is 0. The second kappa shape index (κ2) is 2.73. The molecule has 0 fully saturated rings. The van der Waals surface area contributed by atoms with Crippen molar-refractivity contribution in [1.29, 1.82) is 0 Å². The van der Waals surface area contributed by atoms with Crippen LogP contribution in [0.4, 0.5) is 0 Å². The number of allylic oxidation sites excluding steroid dienone is 2. The highest BCUT2D eigenvalue weighted by atomic mass is 16.3. The predicted octanol–water partition coefficient (Wildman–Crippen LogP) is 1.14. The standard InChI is InChI=1S/C10H9NO4/c1-3-4(2)8(13)6-5(7(3)12)9(14)10(15)11-6/h11,14-15H,1-2H3. The highest BCUT2D eigenvalue weighted by Crippen LogP contribution is 2.37. The van der Waals surface area contributed by atoms with Gasteiger partial charge in [-0.05, 0) is 13.8 Å². The van der Waals surface area contributed by atoms with Crippen LogP contribution in [0.1, 0.15) is 34.7 Å². The lowest BCUT2D eigenvalue weighted by atomic mass is 9.89. The number of aromatic hydroxyl groups is 2. The Hall–Kier alpha value is -2.04. The number of carbonyl (C=O) groups is 2. The summed E-state index contributed by atoms with van der Waals surface area (Å²) in [6.45, 7) is 3.05. The lowest BCUT2D eigenvalue weighted by Crippen LogP contribution is -2.18. The van der Waals surface area contributed by atoms with Gasteiger partial charge in [-0.25, -0.2) is 0 Å². The van der Waals surface area contributed by atoms with Crippen molar-refractivity contribution in [2.24, 2.45) is 0 Å². The van der Waals surface area contributed by atoms with Crippen molar-refractivity contribution >= 4 is 11.6 Å². The molecule has 0 atom stereocenters. The molecule has 0 unspecified atom stereocenters. The number of carbonyl (C=O) groups excluding carboxylic acids is 2. The van der Waals surface area contributed by atoms with Crippen LogP contribution in [0.15, 0.2) is 11.1 Å². The number of hydrogen-bond acceptors (Lipinski definition) is 4. The van der Waals surface area contributed by atoms with Crippen LogP contribution in [-0.4, -0.2) is 26.8 Å². The minimum atomic E-state index is -0.560. The second-order valence-corrected chi connectivity index (χ2v) is 3.48. The van der Waals surface area contributed by atoms with E-state index in [9.17, 15) is 19.8 Å². The maximum atomic E-state index is 11.7. The third-order valence-electron chi connectivity index (χ3n) is 2.65. The second-order valence-electron chi connectivity index (χ2n) is 3.48. The average Bonchev–Trinajstić information content (AvgIpc) is 2.50. The molecule has 1 aliphatic rings. The van der Waals surface area contributed by atoms with Gasteiger partial charge in [-0.3, -0.25) is 9.59 Å². The molecule has 0 aromatic carbocycles. The summed E-state index contributed by atoms with van der Waals surface area (Å²) in [5.41, 5.74) is 0.439. The van der Waals surface area contributed by atoms with Crippen molar-refractivity contribution in [3.8, 4) is 11.6 Å². The third kappa shape index (κ3) is 1.03. The number of aromatic amines is 1. The van der Waals surface area contributed by atoms with E-state index in [4.69, 9.17) is 0 Å². The molecule has 0 spiro atoms. The van der Waals surface area contributed by atoms with Crippen LogP contribution in [0, 0.1) is 0 Å². The normalized spacial score (nSPS) is 15.9. The number of Topliss-reactive ketones (excluding diaryl/α,β-unsaturated/α-hetero) is 2. The van der Waals surface area contributed by atoms with Crippen LogP contribution in [0.25, 0.3) is 0 Å². The summed E-state index contributed by atoms with van der Waals surface area (Å²) in [5, 5.41) is 18.6. The molecule has 0 radical (unpaired) electrons. The Bertz CT molecular complexity index is 522. The summed E-state index contributed by atoms with van der Waals surface area (Å²) in [6, 6.07) is 0. The fraction of sp³-hybridized carbons (Fsp3) is 0.200. The highest BCUT2D eigenvalue weighted by molar-refractivity contribution is 6.27.